The Bertz CT molecular complexity index is 715. The van der Waals surface area contributed by atoms with Gasteiger partial charge in [-0.1, -0.05) is 13.0 Å². The molecule has 0 bridgehead atoms. The van der Waals surface area contributed by atoms with E-state index in [1.54, 1.807) is 6.07 Å². The van der Waals surface area contributed by atoms with Crippen molar-refractivity contribution in [1.82, 2.24) is 4.98 Å². The molecule has 0 fully saturated rings. The fourth-order valence-electron chi connectivity index (χ4n) is 1.87. The van der Waals surface area contributed by atoms with Crippen molar-refractivity contribution in [2.45, 2.75) is 13.3 Å². The van der Waals surface area contributed by atoms with Crippen LogP contribution in [0, 0.1) is 0 Å². The second-order valence-corrected chi connectivity index (χ2v) is 4.00. The smallest absolute Gasteiger partial charge is 0.182 e. The van der Waals surface area contributed by atoms with Gasteiger partial charge in [-0.25, -0.2) is 4.98 Å². The van der Waals surface area contributed by atoms with Crippen LogP contribution in [-0.4, -0.2) is 4.98 Å². The molecule has 1 aromatic carbocycles. The van der Waals surface area contributed by atoms with E-state index in [-0.39, 0.29) is 5.43 Å². The molecule has 0 amide bonds. The van der Waals surface area contributed by atoms with E-state index in [9.17, 15) is 4.79 Å². The number of rotatable bonds is 1. The van der Waals surface area contributed by atoms with E-state index in [1.165, 1.54) is 17.7 Å². The average molecular weight is 225 g/mol. The summed E-state index contributed by atoms with van der Waals surface area (Å²) in [5.41, 5.74) is 3.38. The minimum Gasteiger partial charge on any atom is -0.453 e. The Morgan fingerprint density at radius 2 is 2.06 bits per heavy atom. The molecular weight excluding hydrogens is 214 g/mol. The highest BCUT2D eigenvalue weighted by Gasteiger charge is 2.08. The lowest BCUT2D eigenvalue weighted by Crippen LogP contribution is -1.99. The summed E-state index contributed by atoms with van der Waals surface area (Å²) in [6, 6.07) is 10.6. The maximum absolute atomic E-state index is 11.3. The second-order valence-electron chi connectivity index (χ2n) is 4.00. The third-order valence-electron chi connectivity index (χ3n) is 2.82. The molecule has 0 atom stereocenters. The largest absolute Gasteiger partial charge is 0.453 e. The molecular formula is C14H11NO2. The summed E-state index contributed by atoms with van der Waals surface area (Å²) >= 11 is 0. The van der Waals surface area contributed by atoms with E-state index < -0.39 is 0 Å². The van der Waals surface area contributed by atoms with E-state index in [0.717, 1.165) is 17.5 Å². The van der Waals surface area contributed by atoms with Crippen LogP contribution in [-0.2, 0) is 6.42 Å². The highest BCUT2D eigenvalue weighted by molar-refractivity contribution is 5.76. The lowest BCUT2D eigenvalue weighted by Gasteiger charge is -2.06. The molecule has 1 aromatic rings. The van der Waals surface area contributed by atoms with Gasteiger partial charge in [-0.15, -0.1) is 0 Å². The molecule has 0 unspecified atom stereocenters. The van der Waals surface area contributed by atoms with Crippen LogP contribution in [0.4, 0.5) is 0 Å². The Morgan fingerprint density at radius 1 is 1.18 bits per heavy atom. The summed E-state index contributed by atoms with van der Waals surface area (Å²) in [6.07, 6.45) is 0.949. The lowest BCUT2D eigenvalue weighted by atomic mass is 10.1. The van der Waals surface area contributed by atoms with Crippen molar-refractivity contribution >= 4 is 11.1 Å². The van der Waals surface area contributed by atoms with Gasteiger partial charge < -0.3 is 4.42 Å². The highest BCUT2D eigenvalue weighted by Crippen LogP contribution is 2.24. The van der Waals surface area contributed by atoms with Crippen LogP contribution >= 0.6 is 0 Å². The predicted octanol–water partition coefficient (Wildman–Crippen LogP) is 2.86. The normalized spacial score (nSPS) is 11.1. The fraction of sp³-hybridized carbons (Fsp3) is 0.143. The van der Waals surface area contributed by atoms with Gasteiger partial charge in [-0.3, -0.25) is 4.79 Å². The van der Waals surface area contributed by atoms with Gasteiger partial charge in [-0.2, -0.15) is 0 Å². The Labute approximate surface area is 98.1 Å². The van der Waals surface area contributed by atoms with E-state index in [1.807, 2.05) is 18.2 Å². The molecule has 3 heteroatoms. The Hall–Kier alpha value is -2.16. The summed E-state index contributed by atoms with van der Waals surface area (Å²) in [6.45, 7) is 2.09. The first-order valence-corrected chi connectivity index (χ1v) is 5.60. The van der Waals surface area contributed by atoms with Gasteiger partial charge in [-0.05, 0) is 36.2 Å². The number of hydrogen-bond donors (Lipinski definition) is 0. The molecule has 0 aromatic heterocycles. The first-order chi connectivity index (χ1) is 8.26. The number of nitrogens with zero attached hydrogens (tertiary/aromatic N) is 1. The van der Waals surface area contributed by atoms with E-state index in [0.29, 0.717) is 11.5 Å². The molecule has 0 saturated carbocycles. The molecule has 0 spiro atoms. The van der Waals surface area contributed by atoms with Crippen molar-refractivity contribution in [3.8, 4) is 11.5 Å². The van der Waals surface area contributed by atoms with E-state index in [4.69, 9.17) is 4.42 Å². The maximum atomic E-state index is 11.3. The topological polar surface area (TPSA) is 43.1 Å². The number of aromatic nitrogens is 1. The second kappa shape index (κ2) is 3.70. The van der Waals surface area contributed by atoms with Gasteiger partial charge in [0.2, 0.25) is 0 Å². The van der Waals surface area contributed by atoms with Gasteiger partial charge in [0, 0.05) is 6.07 Å². The fourth-order valence-corrected chi connectivity index (χ4v) is 1.87. The summed E-state index contributed by atoms with van der Waals surface area (Å²) in [5, 5.41) is 0. The van der Waals surface area contributed by atoms with Gasteiger partial charge in [0.05, 0.1) is 0 Å². The summed E-state index contributed by atoms with van der Waals surface area (Å²) in [5.74, 6) is 0.540. The zero-order chi connectivity index (χ0) is 11.8. The monoisotopic (exact) mass is 225 g/mol. The molecule has 1 heterocycles. The Kier molecular flexibility index (Phi) is 2.18. The maximum Gasteiger partial charge on any atom is 0.182 e. The SMILES string of the molecule is CCc1ccc2nc3ccc(=O)cc-3oc2c1. The Balaban J connectivity index is 2.37. The zero-order valence-electron chi connectivity index (χ0n) is 9.43. The van der Waals surface area contributed by atoms with Gasteiger partial charge in [0.25, 0.3) is 0 Å². The summed E-state index contributed by atoms with van der Waals surface area (Å²) in [4.78, 5) is 15.7. The molecule has 3 rings (SSSR count). The number of aryl methyl sites for hydroxylation is 1. The molecule has 0 radical (unpaired) electrons. The van der Waals surface area contributed by atoms with Crippen molar-refractivity contribution in [2.24, 2.45) is 0 Å². The van der Waals surface area contributed by atoms with Crippen molar-refractivity contribution < 1.29 is 4.42 Å². The number of fused-ring (bicyclic) bond motifs is 2. The van der Waals surface area contributed by atoms with Crippen molar-refractivity contribution in [2.75, 3.05) is 0 Å². The summed E-state index contributed by atoms with van der Waals surface area (Å²) < 4.78 is 5.71. The van der Waals surface area contributed by atoms with E-state index >= 15 is 0 Å². The van der Waals surface area contributed by atoms with Crippen LogP contribution in [0.2, 0.25) is 0 Å². The van der Waals surface area contributed by atoms with E-state index in [2.05, 4.69) is 11.9 Å². The molecule has 3 nitrogen and oxygen atoms in total. The number of hydrogen-bond acceptors (Lipinski definition) is 3. The van der Waals surface area contributed by atoms with Crippen LogP contribution in [0.3, 0.4) is 0 Å². The van der Waals surface area contributed by atoms with Crippen molar-refractivity contribution in [3.05, 3.63) is 52.2 Å². The molecule has 1 aliphatic carbocycles. The van der Waals surface area contributed by atoms with Crippen LogP contribution in [0.25, 0.3) is 22.6 Å². The minimum atomic E-state index is -0.0611. The quantitative estimate of drug-likeness (QED) is 0.598. The molecule has 0 saturated heterocycles. The standard InChI is InChI=1S/C14H11NO2/c1-2-9-3-5-11-13(7-9)17-14-8-10(16)4-6-12(14)15-11/h3-8H,2H2,1H3. The first kappa shape index (κ1) is 10.0. The number of benzene rings is 2. The zero-order valence-corrected chi connectivity index (χ0v) is 9.43. The van der Waals surface area contributed by atoms with Crippen LogP contribution in [0.5, 0.6) is 0 Å². The minimum absolute atomic E-state index is 0.0611. The van der Waals surface area contributed by atoms with Crippen LogP contribution < -0.4 is 5.43 Å². The van der Waals surface area contributed by atoms with Crippen LogP contribution in [0.1, 0.15) is 12.5 Å². The lowest BCUT2D eigenvalue weighted by molar-refractivity contribution is 0.612. The van der Waals surface area contributed by atoms with Gasteiger partial charge in [0.1, 0.15) is 11.2 Å². The third kappa shape index (κ3) is 1.69. The molecule has 0 N–H and O–H groups in total. The average Bonchev–Trinajstić information content (AvgIpc) is 2.35. The van der Waals surface area contributed by atoms with Gasteiger partial charge in [0.15, 0.2) is 16.8 Å². The first-order valence-electron chi connectivity index (χ1n) is 5.60. The highest BCUT2D eigenvalue weighted by atomic mass is 16.3. The molecule has 1 aliphatic heterocycles. The molecule has 84 valence electrons. The van der Waals surface area contributed by atoms with Crippen LogP contribution in [0.15, 0.2) is 45.6 Å². The van der Waals surface area contributed by atoms with Gasteiger partial charge >= 0.3 is 0 Å². The molecule has 2 aliphatic rings. The predicted molar refractivity (Wildman–Crippen MR) is 66.3 cm³/mol. The third-order valence-corrected chi connectivity index (χ3v) is 2.82. The summed E-state index contributed by atoms with van der Waals surface area (Å²) in [7, 11) is 0. The van der Waals surface area contributed by atoms with Crippen molar-refractivity contribution in [3.63, 3.8) is 0 Å². The molecule has 17 heavy (non-hydrogen) atoms. The Morgan fingerprint density at radius 3 is 2.88 bits per heavy atom. The van der Waals surface area contributed by atoms with Crippen molar-refractivity contribution in [1.29, 1.82) is 0 Å².